The summed E-state index contributed by atoms with van der Waals surface area (Å²) in [4.78, 5) is 2.43. The second-order valence-electron chi connectivity index (χ2n) is 5.49. The molecule has 1 N–H and O–H groups in total. The topological polar surface area (TPSA) is 15.3 Å². The quantitative estimate of drug-likeness (QED) is 0.887. The second-order valence-corrected chi connectivity index (χ2v) is 5.90. The molecule has 2 nitrogen and oxygen atoms in total. The van der Waals surface area contributed by atoms with Crippen LogP contribution in [-0.2, 0) is 6.54 Å². The van der Waals surface area contributed by atoms with Crippen molar-refractivity contribution in [1.29, 1.82) is 0 Å². The molecule has 2 saturated heterocycles. The maximum atomic E-state index is 13.3. The van der Waals surface area contributed by atoms with Crippen LogP contribution in [0.3, 0.4) is 0 Å². The van der Waals surface area contributed by atoms with Gasteiger partial charge in [-0.25, -0.2) is 4.39 Å². The predicted molar refractivity (Wildman–Crippen MR) is 71.1 cm³/mol. The van der Waals surface area contributed by atoms with Crippen molar-refractivity contribution in [2.75, 3.05) is 19.6 Å². The monoisotopic (exact) mass is 268 g/mol. The minimum absolute atomic E-state index is 0.205. The molecular weight excluding hydrogens is 251 g/mol. The summed E-state index contributed by atoms with van der Waals surface area (Å²) in [5.41, 5.74) is 0.899. The molecule has 1 aromatic carbocycles. The second kappa shape index (κ2) is 4.80. The minimum Gasteiger partial charge on any atom is -0.316 e. The van der Waals surface area contributed by atoms with Crippen LogP contribution in [0.1, 0.15) is 12.5 Å². The van der Waals surface area contributed by atoms with Crippen molar-refractivity contribution < 1.29 is 4.39 Å². The minimum atomic E-state index is -0.205. The lowest BCUT2D eigenvalue weighted by Gasteiger charge is -2.24. The first-order valence-corrected chi connectivity index (χ1v) is 6.91. The third-order valence-corrected chi connectivity index (χ3v) is 4.81. The lowest BCUT2D eigenvalue weighted by molar-refractivity contribution is 0.231. The van der Waals surface area contributed by atoms with Gasteiger partial charge in [0.25, 0.3) is 0 Å². The number of hydrogen-bond acceptors (Lipinski definition) is 2. The lowest BCUT2D eigenvalue weighted by atomic mass is 9.95. The average Bonchev–Trinajstić information content (AvgIpc) is 2.89. The van der Waals surface area contributed by atoms with Crippen LogP contribution in [-0.4, -0.2) is 30.6 Å². The Labute approximate surface area is 112 Å². The summed E-state index contributed by atoms with van der Waals surface area (Å²) < 4.78 is 13.3. The van der Waals surface area contributed by atoms with Crippen LogP contribution in [0.5, 0.6) is 0 Å². The molecule has 18 heavy (non-hydrogen) atoms. The zero-order chi connectivity index (χ0) is 12.7. The third-order valence-electron chi connectivity index (χ3n) is 4.44. The van der Waals surface area contributed by atoms with Crippen molar-refractivity contribution in [2.45, 2.75) is 19.5 Å². The molecule has 0 radical (unpaired) electrons. The van der Waals surface area contributed by atoms with E-state index in [2.05, 4.69) is 17.1 Å². The number of fused-ring (bicyclic) bond motifs is 1. The average molecular weight is 269 g/mol. The van der Waals surface area contributed by atoms with E-state index in [9.17, 15) is 4.39 Å². The first-order chi connectivity index (χ1) is 8.65. The molecule has 4 heteroatoms. The Hall–Kier alpha value is -0.640. The van der Waals surface area contributed by atoms with Crippen molar-refractivity contribution in [3.8, 4) is 0 Å². The summed E-state index contributed by atoms with van der Waals surface area (Å²) in [5.74, 6) is 1.27. The Morgan fingerprint density at radius 1 is 1.44 bits per heavy atom. The van der Waals surface area contributed by atoms with E-state index in [4.69, 9.17) is 11.6 Å². The van der Waals surface area contributed by atoms with Gasteiger partial charge in [-0.15, -0.1) is 0 Å². The van der Waals surface area contributed by atoms with Gasteiger partial charge in [-0.1, -0.05) is 11.6 Å². The van der Waals surface area contributed by atoms with E-state index < -0.39 is 0 Å². The largest absolute Gasteiger partial charge is 0.316 e. The van der Waals surface area contributed by atoms with Crippen molar-refractivity contribution in [3.05, 3.63) is 34.6 Å². The van der Waals surface area contributed by atoms with E-state index >= 15 is 0 Å². The van der Waals surface area contributed by atoms with E-state index in [-0.39, 0.29) is 5.82 Å². The number of hydrogen-bond donors (Lipinski definition) is 1. The molecule has 2 heterocycles. The summed E-state index contributed by atoms with van der Waals surface area (Å²) in [6.45, 7) is 6.34. The highest BCUT2D eigenvalue weighted by Crippen LogP contribution is 2.34. The Kier molecular flexibility index (Phi) is 3.31. The fraction of sp³-hybridized carbons (Fsp3) is 0.571. The molecule has 0 spiro atoms. The molecule has 0 bridgehead atoms. The van der Waals surface area contributed by atoms with Crippen LogP contribution in [0.15, 0.2) is 18.2 Å². The summed E-state index contributed by atoms with van der Waals surface area (Å²) in [6.07, 6.45) is 0. The van der Waals surface area contributed by atoms with Crippen molar-refractivity contribution >= 4 is 11.6 Å². The molecule has 0 amide bonds. The molecule has 0 saturated carbocycles. The molecule has 0 aromatic heterocycles. The molecule has 2 aliphatic heterocycles. The van der Waals surface area contributed by atoms with E-state index in [0.717, 1.165) is 43.6 Å². The number of nitrogens with one attached hydrogen (secondary N) is 1. The third kappa shape index (κ3) is 2.15. The van der Waals surface area contributed by atoms with Gasteiger partial charge in [0, 0.05) is 24.2 Å². The predicted octanol–water partition coefficient (Wildman–Crippen LogP) is 2.52. The first kappa shape index (κ1) is 12.4. The smallest absolute Gasteiger partial charge is 0.123 e. The molecule has 3 atom stereocenters. The Balaban J connectivity index is 1.75. The molecule has 0 aliphatic carbocycles. The van der Waals surface area contributed by atoms with Crippen LogP contribution in [0.25, 0.3) is 0 Å². The molecule has 1 aromatic rings. The van der Waals surface area contributed by atoms with Crippen LogP contribution in [0.2, 0.25) is 5.02 Å². The van der Waals surface area contributed by atoms with E-state index in [0.29, 0.717) is 11.1 Å². The molecule has 98 valence electrons. The van der Waals surface area contributed by atoms with Gasteiger partial charge >= 0.3 is 0 Å². The summed E-state index contributed by atoms with van der Waals surface area (Å²) in [7, 11) is 0. The lowest BCUT2D eigenvalue weighted by Crippen LogP contribution is -2.32. The fourth-order valence-electron chi connectivity index (χ4n) is 3.35. The number of likely N-dealkylation sites (tertiary alicyclic amines) is 1. The molecular formula is C14H18ClFN2. The van der Waals surface area contributed by atoms with Gasteiger partial charge in [0.05, 0.1) is 0 Å². The SMILES string of the molecule is CC1C2CNCC2CN1Cc1cc(F)ccc1Cl. The van der Waals surface area contributed by atoms with Crippen molar-refractivity contribution in [1.82, 2.24) is 10.2 Å². The maximum absolute atomic E-state index is 13.3. The number of benzene rings is 1. The molecule has 2 fully saturated rings. The normalized spacial score (nSPS) is 31.8. The van der Waals surface area contributed by atoms with Gasteiger partial charge in [-0.3, -0.25) is 4.90 Å². The Bertz CT molecular complexity index is 451. The van der Waals surface area contributed by atoms with Gasteiger partial charge in [-0.2, -0.15) is 0 Å². The van der Waals surface area contributed by atoms with Crippen LogP contribution >= 0.6 is 11.6 Å². The van der Waals surface area contributed by atoms with E-state index in [1.807, 2.05) is 0 Å². The van der Waals surface area contributed by atoms with Gasteiger partial charge in [0.1, 0.15) is 5.82 Å². The van der Waals surface area contributed by atoms with Gasteiger partial charge in [0.2, 0.25) is 0 Å². The van der Waals surface area contributed by atoms with Crippen molar-refractivity contribution in [3.63, 3.8) is 0 Å². The van der Waals surface area contributed by atoms with E-state index in [1.165, 1.54) is 6.07 Å². The first-order valence-electron chi connectivity index (χ1n) is 6.54. The van der Waals surface area contributed by atoms with Gasteiger partial charge in [0.15, 0.2) is 0 Å². The zero-order valence-corrected chi connectivity index (χ0v) is 11.3. The fourth-order valence-corrected chi connectivity index (χ4v) is 3.53. The highest BCUT2D eigenvalue weighted by atomic mass is 35.5. The van der Waals surface area contributed by atoms with Crippen LogP contribution < -0.4 is 5.32 Å². The zero-order valence-electron chi connectivity index (χ0n) is 10.5. The Morgan fingerprint density at radius 2 is 2.28 bits per heavy atom. The number of halogens is 2. The standard InChI is InChI=1S/C14H18ClFN2/c1-9-13-6-17-5-11(13)8-18(9)7-10-4-12(16)2-3-14(10)15/h2-4,9,11,13,17H,5-8H2,1H3. The van der Waals surface area contributed by atoms with Gasteiger partial charge < -0.3 is 5.32 Å². The highest BCUT2D eigenvalue weighted by molar-refractivity contribution is 6.31. The molecule has 3 unspecified atom stereocenters. The van der Waals surface area contributed by atoms with Gasteiger partial charge in [-0.05, 0) is 55.6 Å². The van der Waals surface area contributed by atoms with Crippen LogP contribution in [0, 0.1) is 17.7 Å². The molecule has 3 rings (SSSR count). The summed E-state index contributed by atoms with van der Waals surface area (Å²) in [6, 6.07) is 5.17. The summed E-state index contributed by atoms with van der Waals surface area (Å²) in [5, 5.41) is 4.11. The highest BCUT2D eigenvalue weighted by Gasteiger charge is 2.41. The van der Waals surface area contributed by atoms with Crippen molar-refractivity contribution in [2.24, 2.45) is 11.8 Å². The maximum Gasteiger partial charge on any atom is 0.123 e. The number of rotatable bonds is 2. The molecule has 2 aliphatic rings. The summed E-state index contributed by atoms with van der Waals surface area (Å²) >= 11 is 6.14. The Morgan fingerprint density at radius 3 is 3.06 bits per heavy atom. The number of nitrogens with zero attached hydrogens (tertiary/aromatic N) is 1. The van der Waals surface area contributed by atoms with Crippen LogP contribution in [0.4, 0.5) is 4.39 Å². The van der Waals surface area contributed by atoms with E-state index in [1.54, 1.807) is 12.1 Å².